The summed E-state index contributed by atoms with van der Waals surface area (Å²) in [6.07, 6.45) is 0. The van der Waals surface area contributed by atoms with Crippen molar-refractivity contribution in [1.82, 2.24) is 0 Å². The normalized spacial score (nSPS) is 12.5. The number of benzene rings is 10. The van der Waals surface area contributed by atoms with Crippen molar-refractivity contribution in [2.24, 2.45) is 0 Å². The predicted octanol–water partition coefficient (Wildman–Crippen LogP) is 16.2. The first kappa shape index (κ1) is 56.9. The monoisotopic (exact) mass is 1190 g/mol. The molecule has 3 aliphatic rings. The molecule has 0 unspecified atom stereocenters. The zero-order valence-corrected chi connectivity index (χ0v) is 49.4. The van der Waals surface area contributed by atoms with Crippen molar-refractivity contribution in [3.63, 3.8) is 0 Å². The van der Waals surface area contributed by atoms with Gasteiger partial charge in [0, 0.05) is 17.1 Å². The summed E-state index contributed by atoms with van der Waals surface area (Å²) in [6.45, 7) is 0. The number of carbonyl (C=O) groups excluding carboxylic acids is 6. The van der Waals surface area contributed by atoms with Gasteiger partial charge in [0.2, 0.25) is 0 Å². The molecule has 0 bridgehead atoms. The number of para-hydroxylation sites is 12. The van der Waals surface area contributed by atoms with E-state index in [1.54, 1.807) is 36.4 Å². The highest BCUT2D eigenvalue weighted by atomic mass is 16.5. The maximum Gasteiger partial charge on any atom is 0.337 e. The smallest absolute Gasteiger partial charge is 0.337 e. The van der Waals surface area contributed by atoms with Crippen LogP contribution in [0.2, 0.25) is 0 Å². The molecule has 10 aromatic carbocycles. The molecular weight excluding hydrogens is 1140 g/mol. The molecular formula is C72H54N6O12. The summed E-state index contributed by atoms with van der Waals surface area (Å²) >= 11 is 0. The molecule has 0 aliphatic carbocycles. The third-order valence-corrected chi connectivity index (χ3v) is 15.9. The Hall–Kier alpha value is -12.2. The van der Waals surface area contributed by atoms with Gasteiger partial charge >= 0.3 is 35.8 Å². The van der Waals surface area contributed by atoms with Crippen molar-refractivity contribution in [3.05, 3.63) is 252 Å². The van der Waals surface area contributed by atoms with E-state index in [1.165, 1.54) is 60.9 Å². The third-order valence-electron chi connectivity index (χ3n) is 15.9. The van der Waals surface area contributed by atoms with Crippen LogP contribution in [0.15, 0.2) is 218 Å². The van der Waals surface area contributed by atoms with Crippen LogP contribution in [0.5, 0.6) is 0 Å². The van der Waals surface area contributed by atoms with Crippen LogP contribution in [0.1, 0.15) is 62.1 Å². The first-order chi connectivity index (χ1) is 43.9. The van der Waals surface area contributed by atoms with Crippen LogP contribution in [-0.2, 0) is 28.4 Å². The van der Waals surface area contributed by atoms with E-state index in [9.17, 15) is 28.8 Å². The van der Waals surface area contributed by atoms with E-state index >= 15 is 0 Å². The Morgan fingerprint density at radius 2 is 0.322 bits per heavy atom. The molecule has 18 nitrogen and oxygen atoms in total. The zero-order chi connectivity index (χ0) is 62.5. The molecule has 0 saturated carbocycles. The molecule has 0 spiro atoms. The number of hydrogen-bond donors (Lipinski definition) is 0. The number of esters is 6. The molecule has 13 rings (SSSR count). The third kappa shape index (κ3) is 9.64. The maximum atomic E-state index is 13.4. The summed E-state index contributed by atoms with van der Waals surface area (Å²) in [7, 11) is 7.71. The quantitative estimate of drug-likeness (QED) is 0.0832. The lowest BCUT2D eigenvalue weighted by atomic mass is 10.00. The van der Waals surface area contributed by atoms with Gasteiger partial charge in [0.05, 0.1) is 161 Å². The lowest BCUT2D eigenvalue weighted by Crippen LogP contribution is -2.27. The van der Waals surface area contributed by atoms with Crippen LogP contribution in [0.25, 0.3) is 0 Å². The van der Waals surface area contributed by atoms with Gasteiger partial charge in [0.1, 0.15) is 0 Å². The van der Waals surface area contributed by atoms with Gasteiger partial charge in [-0.05, 0) is 146 Å². The highest BCUT2D eigenvalue weighted by molar-refractivity contribution is 6.10. The minimum Gasteiger partial charge on any atom is -0.465 e. The van der Waals surface area contributed by atoms with Gasteiger partial charge in [-0.15, -0.1) is 0 Å². The van der Waals surface area contributed by atoms with Crippen LogP contribution in [-0.4, -0.2) is 78.5 Å². The number of rotatable bonds is 12. The van der Waals surface area contributed by atoms with Crippen molar-refractivity contribution in [3.8, 4) is 0 Å². The largest absolute Gasteiger partial charge is 0.465 e. The second-order valence-electron chi connectivity index (χ2n) is 20.9. The molecule has 0 amide bonds. The second kappa shape index (κ2) is 23.2. The summed E-state index contributed by atoms with van der Waals surface area (Å²) in [5.41, 5.74) is 13.1. The van der Waals surface area contributed by atoms with Crippen LogP contribution in [0.3, 0.4) is 0 Å². The Balaban J connectivity index is 1.07. The minimum absolute atomic E-state index is 0.145. The average Bonchev–Trinajstić information content (AvgIpc) is 0.754. The lowest BCUT2D eigenvalue weighted by Gasteiger charge is -2.43. The lowest BCUT2D eigenvalue weighted by molar-refractivity contribution is 0.0581. The van der Waals surface area contributed by atoms with Crippen molar-refractivity contribution in [1.29, 1.82) is 0 Å². The SMILES string of the molecule is COC(=O)c1cc(C(=O)OC)cc(N2c3ccccc3N(c3cc(N4c5ccccc5N(c5cc(C(=O)OC)cc(C(=O)OC)c5)c5ccccc54)cc(N4c5ccccc5N(c5cc(C(=O)OC)cc(C(=O)OC)c5)c5ccccc54)c3)c3ccccc32)c1. The molecule has 10 aromatic rings. The molecule has 0 atom stereocenters. The van der Waals surface area contributed by atoms with Gasteiger partial charge in [-0.3, -0.25) is 0 Å². The summed E-state index contributed by atoms with van der Waals surface area (Å²) < 4.78 is 31.2. The molecule has 0 N–H and O–H groups in total. The van der Waals surface area contributed by atoms with E-state index in [4.69, 9.17) is 28.4 Å². The number of hydrogen-bond acceptors (Lipinski definition) is 18. The van der Waals surface area contributed by atoms with Gasteiger partial charge in [-0.1, -0.05) is 72.8 Å². The average molecular weight is 1200 g/mol. The Labute approximate surface area is 517 Å². The standard InChI is InChI=1S/C72H54N6O12/c1-85-67(79)43-31-44(68(80)86-2)35-49(34-43)73-55-19-7-13-25-61(55)76(62-26-14-8-20-56(62)73)52-40-53(77-63-27-15-9-21-57(63)74(58-22-10-16-28-64(58)77)50-36-45(69(81)87-3)32-46(37-50)70(82)88-4)42-54(41-52)78-65-29-17-11-23-59(65)75(60-24-12-18-30-66(60)78)51-38-47(71(83)89-5)33-48(39-51)72(84)90-6/h7-42H,1-6H3. The summed E-state index contributed by atoms with van der Waals surface area (Å²) in [5, 5.41) is 0. The van der Waals surface area contributed by atoms with Crippen LogP contribution in [0.4, 0.5) is 102 Å². The maximum absolute atomic E-state index is 13.4. The van der Waals surface area contributed by atoms with E-state index in [2.05, 4.69) is 32.9 Å². The van der Waals surface area contributed by atoms with Gasteiger partial charge in [0.15, 0.2) is 0 Å². The fraction of sp³-hybridized carbons (Fsp3) is 0.0833. The van der Waals surface area contributed by atoms with Crippen molar-refractivity contribution >= 4 is 138 Å². The molecule has 444 valence electrons. The molecule has 3 aliphatic heterocycles. The number of carbonyl (C=O) groups is 6. The van der Waals surface area contributed by atoms with E-state index < -0.39 is 35.8 Å². The Kier molecular flexibility index (Phi) is 14.7. The molecule has 18 heteroatoms. The fourth-order valence-corrected chi connectivity index (χ4v) is 12.1. The predicted molar refractivity (Wildman–Crippen MR) is 343 cm³/mol. The fourth-order valence-electron chi connectivity index (χ4n) is 12.1. The number of anilines is 18. The minimum atomic E-state index is -0.638. The number of ether oxygens (including phenoxy) is 6. The van der Waals surface area contributed by atoms with Crippen molar-refractivity contribution in [2.75, 3.05) is 72.1 Å². The van der Waals surface area contributed by atoms with Crippen molar-refractivity contribution in [2.45, 2.75) is 0 Å². The van der Waals surface area contributed by atoms with Gasteiger partial charge < -0.3 is 57.8 Å². The van der Waals surface area contributed by atoms with E-state index in [-0.39, 0.29) is 33.4 Å². The molecule has 3 heterocycles. The Morgan fingerprint density at radius 3 is 0.444 bits per heavy atom. The van der Waals surface area contributed by atoms with E-state index in [0.717, 1.165) is 34.1 Å². The van der Waals surface area contributed by atoms with Crippen LogP contribution >= 0.6 is 0 Å². The molecule has 0 radical (unpaired) electrons. The summed E-state index contributed by atoms with van der Waals surface area (Å²) in [5.74, 6) is -3.83. The highest BCUT2D eigenvalue weighted by Crippen LogP contribution is 2.61. The zero-order valence-electron chi connectivity index (χ0n) is 49.4. The van der Waals surface area contributed by atoms with E-state index in [0.29, 0.717) is 68.2 Å². The molecule has 0 aromatic heterocycles. The topological polar surface area (TPSA) is 177 Å². The molecule has 90 heavy (non-hydrogen) atoms. The van der Waals surface area contributed by atoms with E-state index in [1.807, 2.05) is 160 Å². The van der Waals surface area contributed by atoms with Crippen LogP contribution < -0.4 is 29.4 Å². The summed E-state index contributed by atoms with van der Waals surface area (Å²) in [6, 6.07) is 68.0. The number of fused-ring (bicyclic) bond motifs is 6. The van der Waals surface area contributed by atoms with Gasteiger partial charge in [-0.25, -0.2) is 28.8 Å². The van der Waals surface area contributed by atoms with Gasteiger partial charge in [-0.2, -0.15) is 0 Å². The van der Waals surface area contributed by atoms with Crippen LogP contribution in [0, 0.1) is 0 Å². The Bertz CT molecular complexity index is 3910. The Morgan fingerprint density at radius 1 is 0.200 bits per heavy atom. The number of methoxy groups -OCH3 is 6. The number of nitrogens with zero attached hydrogens (tertiary/aromatic N) is 6. The molecule has 0 saturated heterocycles. The first-order valence-corrected chi connectivity index (χ1v) is 28.3. The first-order valence-electron chi connectivity index (χ1n) is 28.3. The van der Waals surface area contributed by atoms with Crippen molar-refractivity contribution < 1.29 is 57.2 Å². The second-order valence-corrected chi connectivity index (χ2v) is 20.9. The highest BCUT2D eigenvalue weighted by Gasteiger charge is 2.38. The summed E-state index contributed by atoms with van der Waals surface area (Å²) in [4.78, 5) is 92.8. The molecule has 0 fully saturated rings. The van der Waals surface area contributed by atoms with Gasteiger partial charge in [0.25, 0.3) is 0 Å².